The number of rotatable bonds is 8. The van der Waals surface area contributed by atoms with Crippen LogP contribution in [0.3, 0.4) is 0 Å². The van der Waals surface area contributed by atoms with E-state index in [9.17, 15) is 13.2 Å². The molecule has 0 unspecified atom stereocenters. The van der Waals surface area contributed by atoms with Gasteiger partial charge in [-0.05, 0) is 48.4 Å². The third kappa shape index (κ3) is 5.52. The normalized spacial score (nSPS) is 11.2. The fraction of sp³-hybridized carbons (Fsp3) is 0.188. The van der Waals surface area contributed by atoms with Crippen LogP contribution >= 0.6 is 11.6 Å². The number of carboxylic acids is 1. The zero-order valence-corrected chi connectivity index (χ0v) is 14.2. The van der Waals surface area contributed by atoms with Crippen molar-refractivity contribution in [2.45, 2.75) is 11.3 Å². The second-order valence-electron chi connectivity index (χ2n) is 4.93. The van der Waals surface area contributed by atoms with Crippen LogP contribution in [-0.4, -0.2) is 32.6 Å². The van der Waals surface area contributed by atoms with Crippen molar-refractivity contribution in [1.82, 2.24) is 4.72 Å². The lowest BCUT2D eigenvalue weighted by molar-refractivity contribution is -0.139. The summed E-state index contributed by atoms with van der Waals surface area (Å²) in [5.74, 6) is -0.599. The smallest absolute Gasteiger partial charge is 0.341 e. The highest BCUT2D eigenvalue weighted by Crippen LogP contribution is 2.15. The number of hydrogen-bond donors (Lipinski definition) is 2. The Kier molecular flexibility index (Phi) is 6.19. The molecule has 0 fully saturated rings. The van der Waals surface area contributed by atoms with Crippen LogP contribution in [0.4, 0.5) is 0 Å². The minimum absolute atomic E-state index is 0.157. The van der Waals surface area contributed by atoms with Crippen LogP contribution in [-0.2, 0) is 21.2 Å². The molecular weight excluding hydrogens is 354 g/mol. The van der Waals surface area contributed by atoms with Crippen molar-refractivity contribution in [3.8, 4) is 5.75 Å². The fourth-order valence-corrected chi connectivity index (χ4v) is 3.08. The molecule has 0 atom stereocenters. The van der Waals surface area contributed by atoms with E-state index >= 15 is 0 Å². The molecule has 0 radical (unpaired) electrons. The number of benzene rings is 2. The second-order valence-corrected chi connectivity index (χ2v) is 7.13. The molecule has 8 heteroatoms. The van der Waals surface area contributed by atoms with Crippen LogP contribution in [0.5, 0.6) is 5.75 Å². The van der Waals surface area contributed by atoms with Crippen LogP contribution in [0.1, 0.15) is 5.56 Å². The Morgan fingerprint density at radius 3 is 2.29 bits per heavy atom. The van der Waals surface area contributed by atoms with E-state index in [-0.39, 0.29) is 11.4 Å². The summed E-state index contributed by atoms with van der Waals surface area (Å²) in [5, 5.41) is 9.00. The molecule has 6 nitrogen and oxygen atoms in total. The molecule has 2 aromatic carbocycles. The second kappa shape index (κ2) is 8.14. The van der Waals surface area contributed by atoms with E-state index < -0.39 is 22.6 Å². The summed E-state index contributed by atoms with van der Waals surface area (Å²) < 4.78 is 31.8. The van der Waals surface area contributed by atoms with E-state index in [1.165, 1.54) is 24.3 Å². The molecule has 0 spiro atoms. The van der Waals surface area contributed by atoms with Gasteiger partial charge >= 0.3 is 5.97 Å². The molecule has 2 rings (SSSR count). The molecule has 0 aromatic heterocycles. The lowest BCUT2D eigenvalue weighted by Gasteiger charge is -2.08. The Morgan fingerprint density at radius 1 is 1.08 bits per heavy atom. The number of nitrogens with one attached hydrogen (secondary N) is 1. The van der Waals surface area contributed by atoms with E-state index in [4.69, 9.17) is 21.4 Å². The molecule has 128 valence electrons. The van der Waals surface area contributed by atoms with Crippen LogP contribution < -0.4 is 9.46 Å². The molecule has 0 amide bonds. The number of hydrogen-bond acceptors (Lipinski definition) is 4. The number of carboxylic acid groups (broad SMARTS) is 1. The standard InChI is InChI=1S/C16H16ClNO5S/c17-13-3-7-15(8-4-13)24(21,22)18-10-9-12-1-5-14(6-2-12)23-11-16(19)20/h1-8,18H,9-11H2,(H,19,20). The van der Waals surface area contributed by atoms with Gasteiger partial charge in [0.15, 0.2) is 6.61 Å². The van der Waals surface area contributed by atoms with Gasteiger partial charge in [0.1, 0.15) is 5.75 Å². The Balaban J connectivity index is 1.87. The highest BCUT2D eigenvalue weighted by Gasteiger charge is 2.12. The van der Waals surface area contributed by atoms with Gasteiger partial charge < -0.3 is 9.84 Å². The quantitative estimate of drug-likeness (QED) is 0.745. The van der Waals surface area contributed by atoms with Gasteiger partial charge in [0.2, 0.25) is 10.0 Å². The van der Waals surface area contributed by atoms with Gasteiger partial charge in [-0.15, -0.1) is 0 Å². The molecule has 0 saturated heterocycles. The van der Waals surface area contributed by atoms with Gasteiger partial charge in [-0.1, -0.05) is 23.7 Å². The Bertz CT molecular complexity index is 788. The maximum Gasteiger partial charge on any atom is 0.341 e. The maximum absolute atomic E-state index is 12.1. The van der Waals surface area contributed by atoms with Crippen molar-refractivity contribution in [2.75, 3.05) is 13.2 Å². The predicted octanol–water partition coefficient (Wildman–Crippen LogP) is 2.32. The number of sulfonamides is 1. The molecule has 2 N–H and O–H groups in total. The average Bonchev–Trinajstić information content (AvgIpc) is 2.54. The molecule has 0 heterocycles. The van der Waals surface area contributed by atoms with Crippen molar-refractivity contribution in [3.05, 3.63) is 59.1 Å². The molecule has 0 bridgehead atoms. The number of aliphatic carboxylic acids is 1. The lowest BCUT2D eigenvalue weighted by Crippen LogP contribution is -2.25. The van der Waals surface area contributed by atoms with Crippen LogP contribution in [0.15, 0.2) is 53.4 Å². The predicted molar refractivity (Wildman–Crippen MR) is 89.9 cm³/mol. The summed E-state index contributed by atoms with van der Waals surface area (Å²) in [7, 11) is -3.57. The van der Waals surface area contributed by atoms with Gasteiger partial charge in [0.05, 0.1) is 4.90 Å². The van der Waals surface area contributed by atoms with E-state index in [0.29, 0.717) is 17.2 Å². The molecule has 0 aliphatic heterocycles. The lowest BCUT2D eigenvalue weighted by atomic mass is 10.1. The fourth-order valence-electron chi connectivity index (χ4n) is 1.92. The van der Waals surface area contributed by atoms with E-state index in [0.717, 1.165) is 5.56 Å². The number of ether oxygens (including phenoxy) is 1. The van der Waals surface area contributed by atoms with E-state index in [1.54, 1.807) is 24.3 Å². The van der Waals surface area contributed by atoms with Gasteiger partial charge in [-0.3, -0.25) is 0 Å². The number of halogens is 1. The Hall–Kier alpha value is -2.09. The van der Waals surface area contributed by atoms with Crippen molar-refractivity contribution < 1.29 is 23.1 Å². The monoisotopic (exact) mass is 369 g/mol. The van der Waals surface area contributed by atoms with E-state index in [2.05, 4.69) is 4.72 Å². The average molecular weight is 370 g/mol. The van der Waals surface area contributed by atoms with Gasteiger partial charge in [0.25, 0.3) is 0 Å². The summed E-state index contributed by atoms with van der Waals surface area (Å²) in [6.07, 6.45) is 0.492. The largest absolute Gasteiger partial charge is 0.482 e. The van der Waals surface area contributed by atoms with Crippen LogP contribution in [0.25, 0.3) is 0 Å². The Labute approximate surface area is 145 Å². The minimum Gasteiger partial charge on any atom is -0.482 e. The maximum atomic E-state index is 12.1. The minimum atomic E-state index is -3.57. The highest BCUT2D eigenvalue weighted by molar-refractivity contribution is 7.89. The van der Waals surface area contributed by atoms with Gasteiger partial charge in [-0.25, -0.2) is 17.9 Å². The first kappa shape index (κ1) is 18.3. The molecule has 24 heavy (non-hydrogen) atoms. The Morgan fingerprint density at radius 2 is 1.71 bits per heavy atom. The summed E-state index contributed by atoms with van der Waals surface area (Å²) in [6.45, 7) is -0.166. The zero-order valence-electron chi connectivity index (χ0n) is 12.6. The van der Waals surface area contributed by atoms with Crippen molar-refractivity contribution in [3.63, 3.8) is 0 Å². The topological polar surface area (TPSA) is 92.7 Å². The first-order valence-corrected chi connectivity index (χ1v) is 8.92. The van der Waals surface area contributed by atoms with Crippen molar-refractivity contribution in [1.29, 1.82) is 0 Å². The first-order valence-electron chi connectivity index (χ1n) is 7.05. The summed E-state index contributed by atoms with van der Waals surface area (Å²) >= 11 is 5.74. The van der Waals surface area contributed by atoms with E-state index in [1.807, 2.05) is 0 Å². The van der Waals surface area contributed by atoms with Gasteiger partial charge in [0, 0.05) is 11.6 Å². The van der Waals surface area contributed by atoms with Crippen molar-refractivity contribution >= 4 is 27.6 Å². The zero-order chi connectivity index (χ0) is 17.6. The number of carbonyl (C=O) groups is 1. The van der Waals surface area contributed by atoms with Crippen molar-refractivity contribution in [2.24, 2.45) is 0 Å². The molecule has 0 saturated carbocycles. The third-order valence-electron chi connectivity index (χ3n) is 3.12. The summed E-state index contributed by atoms with van der Waals surface area (Å²) in [6, 6.07) is 12.7. The highest BCUT2D eigenvalue weighted by atomic mass is 35.5. The van der Waals surface area contributed by atoms with Crippen LogP contribution in [0.2, 0.25) is 5.02 Å². The molecular formula is C16H16ClNO5S. The summed E-state index contributed by atoms with van der Waals surface area (Å²) in [4.78, 5) is 10.6. The summed E-state index contributed by atoms with van der Waals surface area (Å²) in [5.41, 5.74) is 0.900. The molecule has 2 aromatic rings. The SMILES string of the molecule is O=C(O)COc1ccc(CCNS(=O)(=O)c2ccc(Cl)cc2)cc1. The third-order valence-corrected chi connectivity index (χ3v) is 4.84. The van der Waals surface area contributed by atoms with Gasteiger partial charge in [-0.2, -0.15) is 0 Å². The molecule has 0 aliphatic carbocycles. The van der Waals surface area contributed by atoms with Crippen LogP contribution in [0, 0.1) is 0 Å². The first-order chi connectivity index (χ1) is 11.4. The molecule has 0 aliphatic rings.